The van der Waals surface area contributed by atoms with E-state index in [-0.39, 0.29) is 51.5 Å². The molecule has 2 N–H and O–H groups in total. The van der Waals surface area contributed by atoms with Crippen LogP contribution in [0.3, 0.4) is 0 Å². The third kappa shape index (κ3) is 19.9. The largest absolute Gasteiger partial charge is 0.553 e. The number of likely N-dealkylation sites (N-methyl/N-ethyl adjacent to an activating group) is 2. The molecule has 0 radical (unpaired) electrons. The summed E-state index contributed by atoms with van der Waals surface area (Å²) in [5, 5.41) is 18.2. The number of ether oxygens (including phenoxy) is 4. The van der Waals surface area contributed by atoms with Crippen LogP contribution in [-0.4, -0.2) is 112 Å². The van der Waals surface area contributed by atoms with E-state index in [1.165, 1.54) is 9.80 Å². The molecule has 27 heavy (non-hydrogen) atoms. The van der Waals surface area contributed by atoms with Crippen molar-refractivity contribution in [1.29, 1.82) is 0 Å². The van der Waals surface area contributed by atoms with Gasteiger partial charge in [0.2, 0.25) is 11.8 Å². The van der Waals surface area contributed by atoms with E-state index in [0.717, 1.165) is 0 Å². The monoisotopic (exact) mass is 647 g/mol. The van der Waals surface area contributed by atoms with Crippen molar-refractivity contribution in [1.82, 2.24) is 9.80 Å². The zero-order valence-electron chi connectivity index (χ0n) is 16.8. The molecule has 0 bridgehead atoms. The van der Waals surface area contributed by atoms with Gasteiger partial charge in [0.1, 0.15) is 13.2 Å². The average molecular weight is 647 g/mol. The van der Waals surface area contributed by atoms with Crippen LogP contribution in [0.5, 0.6) is 0 Å². The molecule has 10 nitrogen and oxygen atoms in total. The molecule has 0 aliphatic heterocycles. The fraction of sp³-hybridized carbons (Fsp3) is 0.750. The molecule has 0 aliphatic carbocycles. The molecule has 0 saturated heterocycles. The van der Waals surface area contributed by atoms with Gasteiger partial charge in [0.15, 0.2) is 0 Å². The molecule has 0 spiro atoms. The van der Waals surface area contributed by atoms with E-state index in [0.29, 0.717) is 0 Å². The maximum atomic E-state index is 11.0. The van der Waals surface area contributed by atoms with Crippen LogP contribution in [0, 0.1) is 14.2 Å². The number of nitrogens with zero attached hydrogens (tertiary/aromatic N) is 2. The summed E-state index contributed by atoms with van der Waals surface area (Å²) in [6.07, 6.45) is -1.46. The van der Waals surface area contributed by atoms with E-state index >= 15 is 0 Å². The summed E-state index contributed by atoms with van der Waals surface area (Å²) < 4.78 is 18.7. The molecule has 0 saturated carbocycles. The zero-order valence-corrected chi connectivity index (χ0v) is 23.2. The minimum absolute atomic E-state index is 0. The van der Waals surface area contributed by atoms with Gasteiger partial charge < -0.3 is 39.0 Å². The van der Waals surface area contributed by atoms with Crippen molar-refractivity contribution in [2.45, 2.75) is 12.2 Å². The minimum Gasteiger partial charge on any atom is -0.553 e. The van der Waals surface area contributed by atoms with E-state index in [2.05, 4.69) is 23.7 Å². The third-order valence-corrected chi connectivity index (χ3v) is 2.69. The standard InChI is InChI=1S/2C8H16NO4.Rf/c2*1-9(2)8(11)6-13-5-7(10)4-12-3;/h2*7,10H,3-6H2,1-2H3;/q2*-1;. The maximum Gasteiger partial charge on any atom is 0.248 e. The Kier molecular flexibility index (Phi) is 20.2. The van der Waals surface area contributed by atoms with Crippen molar-refractivity contribution in [3.63, 3.8) is 0 Å². The maximum absolute atomic E-state index is 11.0. The number of carbonyl (C=O) groups is 2. The second kappa shape index (κ2) is 18.5. The summed E-state index contributed by atoms with van der Waals surface area (Å²) in [6, 6.07) is 0. The first-order chi connectivity index (χ1) is 12.1. The molecule has 0 heterocycles. The van der Waals surface area contributed by atoms with Gasteiger partial charge in [-0.05, 0) is 0 Å². The van der Waals surface area contributed by atoms with Crippen molar-refractivity contribution in [3.05, 3.63) is 14.2 Å². The molecular formula is C16H32N2O8Rf-2. The third-order valence-electron chi connectivity index (χ3n) is 2.69. The summed E-state index contributed by atoms with van der Waals surface area (Å²) in [4.78, 5) is 24.8. The van der Waals surface area contributed by atoms with Crippen LogP contribution in [0.2, 0.25) is 0 Å². The first-order valence-electron chi connectivity index (χ1n) is 7.81. The quantitative estimate of drug-likeness (QED) is 0.247. The Labute approximate surface area is 155 Å². The summed E-state index contributed by atoms with van der Waals surface area (Å²) >= 11 is 0. The molecule has 2 unspecified atom stereocenters. The molecule has 0 aromatic heterocycles. The molecule has 11 heteroatoms. The van der Waals surface area contributed by atoms with Crippen LogP contribution in [0.1, 0.15) is 0 Å². The van der Waals surface area contributed by atoms with Gasteiger partial charge in [-0.2, -0.15) is 0 Å². The van der Waals surface area contributed by atoms with Crippen molar-refractivity contribution in [2.24, 2.45) is 0 Å². The zero-order chi connectivity index (χ0) is 20.5. The van der Waals surface area contributed by atoms with E-state index < -0.39 is 12.2 Å². The van der Waals surface area contributed by atoms with Crippen molar-refractivity contribution in [2.75, 3.05) is 67.8 Å². The van der Waals surface area contributed by atoms with Crippen LogP contribution in [0.25, 0.3) is 0 Å². The van der Waals surface area contributed by atoms with Gasteiger partial charge >= 0.3 is 0 Å². The number of aliphatic hydroxyl groups excluding tert-OH is 2. The number of hydrogen-bond donors (Lipinski definition) is 2. The Morgan fingerprint density at radius 1 is 0.778 bits per heavy atom. The normalized spacial score (nSPS) is 12.1. The minimum atomic E-state index is -0.729. The Hall–Kier alpha value is -2.30. The van der Waals surface area contributed by atoms with E-state index in [1.54, 1.807) is 28.2 Å². The number of carbonyl (C=O) groups excluding carboxylic acids is 2. The average Bonchev–Trinajstić information content (AvgIpc) is 2.55. The first kappa shape index (κ1) is 29.5. The van der Waals surface area contributed by atoms with Gasteiger partial charge in [-0.15, -0.1) is 0 Å². The number of rotatable bonds is 12. The van der Waals surface area contributed by atoms with Gasteiger partial charge in [0.05, 0.1) is 25.4 Å². The van der Waals surface area contributed by atoms with Crippen LogP contribution in [0.15, 0.2) is 0 Å². The number of amides is 2. The molecule has 0 rings (SSSR count). The summed E-state index contributed by atoms with van der Waals surface area (Å²) in [5.41, 5.74) is 0. The van der Waals surface area contributed by atoms with Crippen molar-refractivity contribution >= 4 is 11.8 Å². The molecule has 158 valence electrons. The molecule has 0 aliphatic rings. The Bertz CT molecular complexity index is 338. The second-order valence-electron chi connectivity index (χ2n) is 5.66. The fourth-order valence-electron chi connectivity index (χ4n) is 1.19. The Balaban J connectivity index is -0.000000411. The summed E-state index contributed by atoms with van der Waals surface area (Å²) in [7, 11) is 12.8. The molecule has 0 fully saturated rings. The molecule has 2 amide bonds. The molecule has 2 atom stereocenters. The molecule has 0 aromatic rings. The summed E-state index contributed by atoms with van der Waals surface area (Å²) in [6.45, 7) is 0.318. The Morgan fingerprint density at radius 2 is 1.07 bits per heavy atom. The van der Waals surface area contributed by atoms with Gasteiger partial charge in [-0.3, -0.25) is 9.59 Å². The predicted molar refractivity (Wildman–Crippen MR) is 93.7 cm³/mol. The summed E-state index contributed by atoms with van der Waals surface area (Å²) in [5.74, 6) is -0.273. The van der Waals surface area contributed by atoms with Gasteiger partial charge in [-0.1, -0.05) is 0 Å². The number of hydrogen-bond acceptors (Lipinski definition) is 8. The Morgan fingerprint density at radius 3 is 1.30 bits per heavy atom. The van der Waals surface area contributed by atoms with E-state index in [9.17, 15) is 9.59 Å². The van der Waals surface area contributed by atoms with Crippen LogP contribution < -0.4 is 0 Å². The van der Waals surface area contributed by atoms with Gasteiger partial charge in [0, 0.05) is 41.4 Å². The number of aliphatic hydroxyl groups is 2. The topological polar surface area (TPSA) is 118 Å². The first-order valence-corrected chi connectivity index (χ1v) is 7.81. The smallest absolute Gasteiger partial charge is 0.248 e. The van der Waals surface area contributed by atoms with Gasteiger partial charge in [0.25, 0.3) is 0 Å². The molecular weight excluding hydrogens is 615 g/mol. The van der Waals surface area contributed by atoms with Crippen LogP contribution in [-0.2, 0) is 28.5 Å². The van der Waals surface area contributed by atoms with Crippen molar-refractivity contribution < 1.29 is 38.7 Å². The van der Waals surface area contributed by atoms with Gasteiger partial charge in [-0.25, -0.2) is 14.2 Å². The second-order valence-corrected chi connectivity index (χ2v) is 5.66. The molecule has 0 aromatic carbocycles. The SMILES string of the molecule is [CH2-]OCC(O)COCC(=O)N(C)C.[CH2-]OCC(O)COCC(=O)N(C)C.[Rf]. The van der Waals surface area contributed by atoms with Crippen LogP contribution in [0.4, 0.5) is 0 Å². The van der Waals surface area contributed by atoms with E-state index in [4.69, 9.17) is 19.7 Å². The predicted octanol–water partition coefficient (Wildman–Crippen LogP) is -1.48. The van der Waals surface area contributed by atoms with Crippen LogP contribution >= 0.6 is 0 Å². The van der Waals surface area contributed by atoms with E-state index in [1.807, 2.05) is 0 Å². The van der Waals surface area contributed by atoms with Crippen molar-refractivity contribution in [3.8, 4) is 0 Å². The fourth-order valence-corrected chi connectivity index (χ4v) is 1.19.